The predicted molar refractivity (Wildman–Crippen MR) is 106 cm³/mol. The minimum absolute atomic E-state index is 0.0388. The fraction of sp³-hybridized carbons (Fsp3) is 1.00. The van der Waals surface area contributed by atoms with E-state index in [4.69, 9.17) is 14.6 Å². The lowest BCUT2D eigenvalue weighted by molar-refractivity contribution is -0.0205. The van der Waals surface area contributed by atoms with Gasteiger partial charge >= 0.3 is 0 Å². The molecule has 25 heavy (non-hydrogen) atoms. The van der Waals surface area contributed by atoms with Crippen LogP contribution < -0.4 is 0 Å². The molecule has 1 saturated carbocycles. The molecule has 0 bridgehead atoms. The highest BCUT2D eigenvalue weighted by atomic mass is 16.5. The molecule has 1 atom stereocenters. The molecule has 1 aliphatic rings. The van der Waals surface area contributed by atoms with Crippen LogP contribution in [0.5, 0.6) is 0 Å². The molecule has 0 aromatic rings. The molecule has 0 amide bonds. The van der Waals surface area contributed by atoms with Crippen molar-refractivity contribution >= 4 is 0 Å². The van der Waals surface area contributed by atoms with Crippen molar-refractivity contribution < 1.29 is 14.6 Å². The molecule has 0 heterocycles. The summed E-state index contributed by atoms with van der Waals surface area (Å²) in [6.07, 6.45) is 22.6. The van der Waals surface area contributed by atoms with E-state index in [-0.39, 0.29) is 12.7 Å². The van der Waals surface area contributed by atoms with Gasteiger partial charge in [0, 0.05) is 13.7 Å². The van der Waals surface area contributed by atoms with Crippen molar-refractivity contribution in [3.8, 4) is 0 Å². The molecule has 0 saturated heterocycles. The molecule has 0 radical (unpaired) electrons. The van der Waals surface area contributed by atoms with E-state index in [0.29, 0.717) is 6.61 Å². The van der Waals surface area contributed by atoms with Crippen molar-refractivity contribution in [2.45, 2.75) is 109 Å². The lowest BCUT2D eigenvalue weighted by Crippen LogP contribution is -2.22. The van der Waals surface area contributed by atoms with Crippen LogP contribution in [-0.4, -0.2) is 38.1 Å². The van der Waals surface area contributed by atoms with Crippen LogP contribution in [0.25, 0.3) is 0 Å². The van der Waals surface area contributed by atoms with Crippen LogP contribution in [0.4, 0.5) is 0 Å². The second-order valence-corrected chi connectivity index (χ2v) is 7.94. The normalized spacial score (nSPS) is 17.0. The standard InChI is InChI=1S/C22H44O3/c1-24-22(19-23)20-25-18-14-9-7-5-3-2-4-6-8-11-15-21-16-12-10-13-17-21/h21-23H,2-20H2,1H3. The average Bonchev–Trinajstić information content (AvgIpc) is 2.66. The molecule has 0 aromatic heterocycles. The van der Waals surface area contributed by atoms with Gasteiger partial charge in [0.25, 0.3) is 0 Å². The lowest BCUT2D eigenvalue weighted by atomic mass is 9.85. The Balaban J connectivity index is 1.70. The second-order valence-electron chi connectivity index (χ2n) is 7.94. The topological polar surface area (TPSA) is 38.7 Å². The Morgan fingerprint density at radius 3 is 1.92 bits per heavy atom. The van der Waals surface area contributed by atoms with Gasteiger partial charge in [0.1, 0.15) is 6.10 Å². The van der Waals surface area contributed by atoms with Crippen LogP contribution in [-0.2, 0) is 9.47 Å². The van der Waals surface area contributed by atoms with Crippen molar-refractivity contribution in [2.75, 3.05) is 26.9 Å². The number of ether oxygens (including phenoxy) is 2. The van der Waals surface area contributed by atoms with Gasteiger partial charge in [-0.2, -0.15) is 0 Å². The number of methoxy groups -OCH3 is 1. The highest BCUT2D eigenvalue weighted by Crippen LogP contribution is 2.28. The minimum Gasteiger partial charge on any atom is -0.394 e. The Hall–Kier alpha value is -0.120. The third-order valence-corrected chi connectivity index (χ3v) is 5.72. The van der Waals surface area contributed by atoms with E-state index in [0.717, 1.165) is 18.9 Å². The van der Waals surface area contributed by atoms with E-state index in [1.54, 1.807) is 7.11 Å². The Bertz CT molecular complexity index is 260. The van der Waals surface area contributed by atoms with Gasteiger partial charge in [0.2, 0.25) is 0 Å². The molecule has 1 rings (SSSR count). The van der Waals surface area contributed by atoms with Gasteiger partial charge in [-0.1, -0.05) is 96.3 Å². The first-order valence-corrected chi connectivity index (χ1v) is 11.1. The van der Waals surface area contributed by atoms with Gasteiger partial charge in [-0.05, 0) is 12.3 Å². The van der Waals surface area contributed by atoms with Gasteiger partial charge < -0.3 is 14.6 Å². The van der Waals surface area contributed by atoms with Crippen molar-refractivity contribution in [1.82, 2.24) is 0 Å². The summed E-state index contributed by atoms with van der Waals surface area (Å²) in [5.74, 6) is 1.07. The zero-order valence-electron chi connectivity index (χ0n) is 16.9. The van der Waals surface area contributed by atoms with Crippen LogP contribution in [0.3, 0.4) is 0 Å². The Kier molecular flexibility index (Phi) is 15.9. The van der Waals surface area contributed by atoms with Gasteiger partial charge in [-0.3, -0.25) is 0 Å². The first-order valence-electron chi connectivity index (χ1n) is 11.1. The highest BCUT2D eigenvalue weighted by molar-refractivity contribution is 4.65. The van der Waals surface area contributed by atoms with Gasteiger partial charge in [-0.25, -0.2) is 0 Å². The van der Waals surface area contributed by atoms with E-state index >= 15 is 0 Å². The van der Waals surface area contributed by atoms with Crippen molar-refractivity contribution in [2.24, 2.45) is 5.92 Å². The van der Waals surface area contributed by atoms with Crippen molar-refractivity contribution in [1.29, 1.82) is 0 Å². The van der Waals surface area contributed by atoms with Gasteiger partial charge in [0.05, 0.1) is 13.2 Å². The number of rotatable bonds is 17. The quantitative estimate of drug-likeness (QED) is 0.331. The number of aliphatic hydroxyl groups is 1. The molecule has 1 aliphatic carbocycles. The first kappa shape index (κ1) is 22.9. The summed E-state index contributed by atoms with van der Waals surface area (Å²) in [4.78, 5) is 0. The molecule has 3 nitrogen and oxygen atoms in total. The molecule has 150 valence electrons. The van der Waals surface area contributed by atoms with Crippen LogP contribution in [0.1, 0.15) is 103 Å². The molecular weight excluding hydrogens is 312 g/mol. The van der Waals surface area contributed by atoms with Gasteiger partial charge in [-0.15, -0.1) is 0 Å². The maximum atomic E-state index is 8.97. The molecule has 1 N–H and O–H groups in total. The molecule has 3 heteroatoms. The lowest BCUT2D eigenvalue weighted by Gasteiger charge is -2.21. The summed E-state index contributed by atoms with van der Waals surface area (Å²) in [5, 5.41) is 8.97. The fourth-order valence-electron chi connectivity index (χ4n) is 3.94. The molecule has 0 aliphatic heterocycles. The number of hydrogen-bond acceptors (Lipinski definition) is 3. The maximum Gasteiger partial charge on any atom is 0.103 e. The highest BCUT2D eigenvalue weighted by Gasteiger charge is 2.12. The molecule has 0 aromatic carbocycles. The molecule has 0 spiro atoms. The third-order valence-electron chi connectivity index (χ3n) is 5.72. The van der Waals surface area contributed by atoms with E-state index in [9.17, 15) is 0 Å². The van der Waals surface area contributed by atoms with E-state index in [1.807, 2.05) is 0 Å². The molecule has 1 unspecified atom stereocenters. The van der Waals surface area contributed by atoms with Crippen LogP contribution in [0.2, 0.25) is 0 Å². The Labute approximate surface area is 156 Å². The number of unbranched alkanes of at least 4 members (excludes halogenated alkanes) is 9. The number of aliphatic hydroxyl groups excluding tert-OH is 1. The van der Waals surface area contributed by atoms with Crippen LogP contribution >= 0.6 is 0 Å². The van der Waals surface area contributed by atoms with E-state index in [1.165, 1.54) is 96.3 Å². The predicted octanol–water partition coefficient (Wildman–Crippen LogP) is 5.88. The van der Waals surface area contributed by atoms with E-state index < -0.39 is 0 Å². The Morgan fingerprint density at radius 2 is 1.36 bits per heavy atom. The summed E-state index contributed by atoms with van der Waals surface area (Å²) in [6.45, 7) is 1.34. The number of hydrogen-bond donors (Lipinski definition) is 1. The van der Waals surface area contributed by atoms with Crippen LogP contribution in [0.15, 0.2) is 0 Å². The zero-order valence-corrected chi connectivity index (χ0v) is 16.9. The minimum atomic E-state index is -0.164. The largest absolute Gasteiger partial charge is 0.394 e. The maximum absolute atomic E-state index is 8.97. The van der Waals surface area contributed by atoms with Crippen molar-refractivity contribution in [3.63, 3.8) is 0 Å². The SMILES string of the molecule is COC(CO)COCCCCCCCCCCCCC1CCCCC1. The summed E-state index contributed by atoms with van der Waals surface area (Å²) in [6, 6.07) is 0. The second kappa shape index (κ2) is 17.3. The molecule has 1 fully saturated rings. The Morgan fingerprint density at radius 1 is 0.800 bits per heavy atom. The molecular formula is C22H44O3. The summed E-state index contributed by atoms with van der Waals surface area (Å²) in [7, 11) is 1.61. The van der Waals surface area contributed by atoms with Crippen LogP contribution in [0, 0.1) is 5.92 Å². The smallest absolute Gasteiger partial charge is 0.103 e. The van der Waals surface area contributed by atoms with Crippen molar-refractivity contribution in [3.05, 3.63) is 0 Å². The first-order chi connectivity index (χ1) is 12.4. The van der Waals surface area contributed by atoms with E-state index in [2.05, 4.69) is 0 Å². The summed E-state index contributed by atoms with van der Waals surface area (Å²) in [5.41, 5.74) is 0. The summed E-state index contributed by atoms with van der Waals surface area (Å²) >= 11 is 0. The monoisotopic (exact) mass is 356 g/mol. The average molecular weight is 357 g/mol. The third kappa shape index (κ3) is 13.7. The van der Waals surface area contributed by atoms with Gasteiger partial charge in [0.15, 0.2) is 0 Å². The fourth-order valence-corrected chi connectivity index (χ4v) is 3.94. The zero-order chi connectivity index (χ0) is 18.0. The summed E-state index contributed by atoms with van der Waals surface area (Å²) < 4.78 is 10.6.